The molecule has 0 bridgehead atoms. The highest BCUT2D eigenvalue weighted by molar-refractivity contribution is 5.90. The molecule has 1 atom stereocenters. The summed E-state index contributed by atoms with van der Waals surface area (Å²) in [5.41, 5.74) is 3.77. The van der Waals surface area contributed by atoms with Crippen LogP contribution in [0.5, 0.6) is 0 Å². The molecular formula is C15H16N2O3. The van der Waals surface area contributed by atoms with Gasteiger partial charge in [0, 0.05) is 19.1 Å². The van der Waals surface area contributed by atoms with Gasteiger partial charge >= 0.3 is 0 Å². The van der Waals surface area contributed by atoms with Gasteiger partial charge in [0.1, 0.15) is 0 Å². The zero-order chi connectivity index (χ0) is 14.2. The van der Waals surface area contributed by atoms with Crippen molar-refractivity contribution in [1.29, 1.82) is 5.26 Å². The molecule has 0 aliphatic carbocycles. The molecule has 1 N–H and O–H groups in total. The van der Waals surface area contributed by atoms with Crippen LogP contribution in [0.1, 0.15) is 30.4 Å². The second-order valence-corrected chi connectivity index (χ2v) is 4.45. The molecule has 1 heterocycles. The van der Waals surface area contributed by atoms with Gasteiger partial charge in [-0.1, -0.05) is 12.1 Å². The van der Waals surface area contributed by atoms with Gasteiger partial charge in [0.05, 0.1) is 11.6 Å². The minimum Gasteiger partial charge on any atom is -0.350 e. The Bertz CT molecular complexity index is 511. The van der Waals surface area contributed by atoms with Crippen molar-refractivity contribution >= 4 is 12.0 Å². The molecule has 0 radical (unpaired) electrons. The first-order valence-electron chi connectivity index (χ1n) is 6.53. The number of hydrogen-bond acceptors (Lipinski definition) is 4. The summed E-state index contributed by atoms with van der Waals surface area (Å²) in [6, 6.07) is 8.98. The molecule has 1 aliphatic rings. The number of nitriles is 1. The largest absolute Gasteiger partial charge is 0.350 e. The minimum atomic E-state index is -0.351. The third-order valence-corrected chi connectivity index (χ3v) is 2.90. The van der Waals surface area contributed by atoms with Crippen molar-refractivity contribution in [3.8, 4) is 6.07 Å². The van der Waals surface area contributed by atoms with Gasteiger partial charge in [0.2, 0.25) is 0 Å². The van der Waals surface area contributed by atoms with Crippen molar-refractivity contribution < 1.29 is 14.4 Å². The van der Waals surface area contributed by atoms with Crippen LogP contribution in [-0.2, 0) is 14.4 Å². The predicted octanol–water partition coefficient (Wildman–Crippen LogP) is 2.15. The molecule has 0 aromatic heterocycles. The Hall–Kier alpha value is -2.16. The van der Waals surface area contributed by atoms with E-state index in [-0.39, 0.29) is 12.2 Å². The maximum atomic E-state index is 11.6. The van der Waals surface area contributed by atoms with Crippen LogP contribution in [0.15, 0.2) is 30.3 Å². The van der Waals surface area contributed by atoms with Crippen LogP contribution in [-0.4, -0.2) is 18.8 Å². The lowest BCUT2D eigenvalue weighted by atomic mass is 10.1. The van der Waals surface area contributed by atoms with Crippen LogP contribution in [0.2, 0.25) is 0 Å². The number of hydrogen-bond donors (Lipinski definition) is 1. The van der Waals surface area contributed by atoms with Gasteiger partial charge in [-0.25, -0.2) is 10.3 Å². The lowest BCUT2D eigenvalue weighted by molar-refractivity contribution is -0.198. The molecule has 1 aliphatic heterocycles. The first kappa shape index (κ1) is 14.3. The van der Waals surface area contributed by atoms with E-state index in [2.05, 4.69) is 5.48 Å². The Morgan fingerprint density at radius 3 is 2.85 bits per heavy atom. The molecule has 0 saturated carbocycles. The average molecular weight is 272 g/mol. The maximum absolute atomic E-state index is 11.6. The fraction of sp³-hybridized carbons (Fsp3) is 0.333. The molecule has 2 rings (SSSR count). The molecule has 1 unspecified atom stereocenters. The molecule has 1 amide bonds. The summed E-state index contributed by atoms with van der Waals surface area (Å²) in [4.78, 5) is 16.7. The summed E-state index contributed by atoms with van der Waals surface area (Å²) in [7, 11) is 0. The standard InChI is InChI=1S/C15H16N2O3/c16-11-13-6-4-12(5-7-13)8-9-14(18)17-20-15-3-1-2-10-19-15/h4-9,15H,1-3,10H2,(H,17,18)/b9-8+. The van der Waals surface area contributed by atoms with Gasteiger partial charge in [-0.05, 0) is 36.6 Å². The lowest BCUT2D eigenvalue weighted by Crippen LogP contribution is -2.32. The smallest absolute Gasteiger partial charge is 0.267 e. The molecule has 0 spiro atoms. The highest BCUT2D eigenvalue weighted by atomic mass is 16.8. The number of hydroxylamine groups is 1. The van der Waals surface area contributed by atoms with Gasteiger partial charge in [-0.3, -0.25) is 4.79 Å². The Morgan fingerprint density at radius 2 is 2.20 bits per heavy atom. The zero-order valence-corrected chi connectivity index (χ0v) is 11.0. The van der Waals surface area contributed by atoms with Crippen molar-refractivity contribution in [3.05, 3.63) is 41.5 Å². The zero-order valence-electron chi connectivity index (χ0n) is 11.0. The number of carbonyl (C=O) groups is 1. The van der Waals surface area contributed by atoms with Crippen LogP contribution < -0.4 is 5.48 Å². The Morgan fingerprint density at radius 1 is 1.40 bits per heavy atom. The second kappa shape index (κ2) is 7.43. The van der Waals surface area contributed by atoms with E-state index in [4.69, 9.17) is 14.8 Å². The van der Waals surface area contributed by atoms with Crippen LogP contribution >= 0.6 is 0 Å². The number of nitrogens with zero attached hydrogens (tertiary/aromatic N) is 1. The summed E-state index contributed by atoms with van der Waals surface area (Å²) >= 11 is 0. The van der Waals surface area contributed by atoms with Crippen molar-refractivity contribution in [2.45, 2.75) is 25.6 Å². The third kappa shape index (κ3) is 4.50. The van der Waals surface area contributed by atoms with E-state index < -0.39 is 0 Å². The first-order chi connectivity index (χ1) is 9.78. The number of ether oxygens (including phenoxy) is 1. The van der Waals surface area contributed by atoms with E-state index >= 15 is 0 Å². The Labute approximate surface area is 117 Å². The molecule has 5 heteroatoms. The maximum Gasteiger partial charge on any atom is 0.267 e. The fourth-order valence-corrected chi connectivity index (χ4v) is 1.80. The quantitative estimate of drug-likeness (QED) is 0.673. The summed E-state index contributed by atoms with van der Waals surface area (Å²) in [5, 5.41) is 8.68. The number of rotatable bonds is 4. The van der Waals surface area contributed by atoms with Crippen LogP contribution in [0.4, 0.5) is 0 Å². The van der Waals surface area contributed by atoms with Crippen molar-refractivity contribution in [1.82, 2.24) is 5.48 Å². The number of nitrogens with one attached hydrogen (secondary N) is 1. The first-order valence-corrected chi connectivity index (χ1v) is 6.53. The highest BCUT2D eigenvalue weighted by Gasteiger charge is 2.14. The Kier molecular flexibility index (Phi) is 5.30. The van der Waals surface area contributed by atoms with Crippen molar-refractivity contribution in [3.63, 3.8) is 0 Å². The second-order valence-electron chi connectivity index (χ2n) is 4.45. The monoisotopic (exact) mass is 272 g/mol. The Balaban J connectivity index is 1.78. The molecule has 1 aromatic carbocycles. The molecule has 20 heavy (non-hydrogen) atoms. The molecular weight excluding hydrogens is 256 g/mol. The predicted molar refractivity (Wildman–Crippen MR) is 73.0 cm³/mol. The van der Waals surface area contributed by atoms with E-state index in [1.807, 2.05) is 6.07 Å². The van der Waals surface area contributed by atoms with Gasteiger partial charge in [0.25, 0.3) is 5.91 Å². The highest BCUT2D eigenvalue weighted by Crippen LogP contribution is 2.12. The van der Waals surface area contributed by atoms with Crippen LogP contribution in [0.3, 0.4) is 0 Å². The lowest BCUT2D eigenvalue weighted by Gasteiger charge is -2.21. The molecule has 1 saturated heterocycles. The molecule has 5 nitrogen and oxygen atoms in total. The van der Waals surface area contributed by atoms with Crippen molar-refractivity contribution in [2.75, 3.05) is 6.61 Å². The summed E-state index contributed by atoms with van der Waals surface area (Å²) < 4.78 is 5.32. The average Bonchev–Trinajstić information content (AvgIpc) is 2.52. The van der Waals surface area contributed by atoms with E-state index in [1.165, 1.54) is 6.08 Å². The molecule has 104 valence electrons. The van der Waals surface area contributed by atoms with Crippen molar-refractivity contribution in [2.24, 2.45) is 0 Å². The summed E-state index contributed by atoms with van der Waals surface area (Å²) in [5.74, 6) is -0.344. The van der Waals surface area contributed by atoms with E-state index in [1.54, 1.807) is 30.3 Å². The van der Waals surface area contributed by atoms with E-state index in [9.17, 15) is 4.79 Å². The third-order valence-electron chi connectivity index (χ3n) is 2.90. The number of amides is 1. The van der Waals surface area contributed by atoms with E-state index in [0.29, 0.717) is 12.2 Å². The topological polar surface area (TPSA) is 71.4 Å². The van der Waals surface area contributed by atoms with Gasteiger partial charge in [0.15, 0.2) is 6.29 Å². The number of carbonyl (C=O) groups excluding carboxylic acids is 1. The summed E-state index contributed by atoms with van der Waals surface area (Å²) in [6.45, 7) is 0.668. The molecule has 1 fully saturated rings. The van der Waals surface area contributed by atoms with Crippen LogP contribution in [0.25, 0.3) is 6.08 Å². The SMILES string of the molecule is N#Cc1ccc(/C=C/C(=O)NOC2CCCCO2)cc1. The normalized spacial score (nSPS) is 18.6. The molecule has 1 aromatic rings. The fourth-order valence-electron chi connectivity index (χ4n) is 1.80. The van der Waals surface area contributed by atoms with Crippen LogP contribution in [0, 0.1) is 11.3 Å². The number of benzene rings is 1. The summed E-state index contributed by atoms with van der Waals surface area (Å²) in [6.07, 6.45) is 5.55. The van der Waals surface area contributed by atoms with Gasteiger partial charge < -0.3 is 4.74 Å². The van der Waals surface area contributed by atoms with Gasteiger partial charge in [-0.2, -0.15) is 5.26 Å². The van der Waals surface area contributed by atoms with E-state index in [0.717, 1.165) is 24.8 Å². The van der Waals surface area contributed by atoms with Gasteiger partial charge in [-0.15, -0.1) is 0 Å². The minimum absolute atomic E-state index is 0.344.